The van der Waals surface area contributed by atoms with Crippen LogP contribution >= 0.6 is 11.6 Å². The third-order valence-electron chi connectivity index (χ3n) is 2.89. The molecule has 1 heterocycles. The molecule has 0 saturated heterocycles. The van der Waals surface area contributed by atoms with Gasteiger partial charge >= 0.3 is 5.69 Å². The van der Waals surface area contributed by atoms with Gasteiger partial charge in [-0.3, -0.25) is 10.1 Å². The summed E-state index contributed by atoms with van der Waals surface area (Å²) in [7, 11) is 0. The predicted molar refractivity (Wildman–Crippen MR) is 73.3 cm³/mol. The van der Waals surface area contributed by atoms with Crippen LogP contribution in [0.2, 0.25) is 5.02 Å². The lowest BCUT2D eigenvalue weighted by atomic mass is 10.1. The molecule has 1 aromatic carbocycles. The fourth-order valence-corrected chi connectivity index (χ4v) is 2.05. The van der Waals surface area contributed by atoms with Crippen molar-refractivity contribution in [2.75, 3.05) is 5.73 Å². The SMILES string of the molecule is Cc1ccc(Cn2nc(C)c([N+](=O)[O-])c2N)cc1Cl. The van der Waals surface area contributed by atoms with Crippen molar-refractivity contribution in [3.63, 3.8) is 0 Å². The van der Waals surface area contributed by atoms with Crippen LogP contribution < -0.4 is 5.73 Å². The highest BCUT2D eigenvalue weighted by Gasteiger charge is 2.22. The molecule has 6 nitrogen and oxygen atoms in total. The maximum absolute atomic E-state index is 10.9. The van der Waals surface area contributed by atoms with Crippen LogP contribution in [-0.4, -0.2) is 14.7 Å². The number of nitro groups is 1. The molecule has 0 aliphatic rings. The van der Waals surface area contributed by atoms with E-state index in [9.17, 15) is 10.1 Å². The van der Waals surface area contributed by atoms with Gasteiger partial charge in [-0.05, 0) is 31.0 Å². The number of rotatable bonds is 3. The molecule has 0 saturated carbocycles. The van der Waals surface area contributed by atoms with Crippen molar-refractivity contribution in [2.24, 2.45) is 0 Å². The maximum Gasteiger partial charge on any atom is 0.333 e. The molecule has 2 rings (SSSR count). The molecular formula is C12H13ClN4O2. The fraction of sp³-hybridized carbons (Fsp3) is 0.250. The Hall–Kier alpha value is -2.08. The summed E-state index contributed by atoms with van der Waals surface area (Å²) in [4.78, 5) is 10.3. The molecular weight excluding hydrogens is 268 g/mol. The second-order valence-electron chi connectivity index (χ2n) is 4.32. The molecule has 19 heavy (non-hydrogen) atoms. The molecule has 0 radical (unpaired) electrons. The molecule has 0 aliphatic heterocycles. The molecule has 1 aromatic heterocycles. The number of hydrogen-bond donors (Lipinski definition) is 1. The van der Waals surface area contributed by atoms with Crippen LogP contribution in [-0.2, 0) is 6.54 Å². The van der Waals surface area contributed by atoms with Gasteiger partial charge in [0.25, 0.3) is 0 Å². The molecule has 0 aliphatic carbocycles. The van der Waals surface area contributed by atoms with Crippen LogP contribution in [0.15, 0.2) is 18.2 Å². The second-order valence-corrected chi connectivity index (χ2v) is 4.72. The molecule has 2 aromatic rings. The first-order valence-electron chi connectivity index (χ1n) is 5.62. The van der Waals surface area contributed by atoms with Gasteiger partial charge in [0.1, 0.15) is 5.69 Å². The smallest absolute Gasteiger partial charge is 0.333 e. The average molecular weight is 281 g/mol. The maximum atomic E-state index is 10.9. The standard InChI is InChI=1S/C12H13ClN4O2/c1-7-3-4-9(5-10(7)13)6-16-12(14)11(17(18)19)8(2)15-16/h3-5H,6,14H2,1-2H3. The lowest BCUT2D eigenvalue weighted by Crippen LogP contribution is -2.06. The Labute approximate surface area is 114 Å². The quantitative estimate of drug-likeness (QED) is 0.692. The summed E-state index contributed by atoms with van der Waals surface area (Å²) in [5, 5.41) is 15.6. The Morgan fingerprint density at radius 3 is 2.68 bits per heavy atom. The van der Waals surface area contributed by atoms with E-state index in [1.807, 2.05) is 19.1 Å². The van der Waals surface area contributed by atoms with Gasteiger partial charge in [0.2, 0.25) is 5.82 Å². The molecule has 0 bridgehead atoms. The molecule has 0 unspecified atom stereocenters. The van der Waals surface area contributed by atoms with Gasteiger partial charge in [-0.15, -0.1) is 0 Å². The highest BCUT2D eigenvalue weighted by atomic mass is 35.5. The lowest BCUT2D eigenvalue weighted by Gasteiger charge is -2.05. The van der Waals surface area contributed by atoms with Gasteiger partial charge in [0.15, 0.2) is 0 Å². The number of halogens is 1. The molecule has 0 atom stereocenters. The van der Waals surface area contributed by atoms with Crippen molar-refractivity contribution in [2.45, 2.75) is 20.4 Å². The van der Waals surface area contributed by atoms with Crippen molar-refractivity contribution in [1.82, 2.24) is 9.78 Å². The van der Waals surface area contributed by atoms with Crippen molar-refractivity contribution in [3.05, 3.63) is 50.2 Å². The largest absolute Gasteiger partial charge is 0.378 e. The monoisotopic (exact) mass is 280 g/mol. The van der Waals surface area contributed by atoms with Gasteiger partial charge in [-0.1, -0.05) is 23.7 Å². The third kappa shape index (κ3) is 2.53. The Bertz CT molecular complexity index is 651. The normalized spacial score (nSPS) is 10.7. The molecule has 0 fully saturated rings. The van der Waals surface area contributed by atoms with Gasteiger partial charge < -0.3 is 5.73 Å². The predicted octanol–water partition coefficient (Wildman–Crippen LogP) is 2.69. The zero-order chi connectivity index (χ0) is 14.2. The van der Waals surface area contributed by atoms with Crippen LogP contribution in [0, 0.1) is 24.0 Å². The van der Waals surface area contributed by atoms with Crippen LogP contribution in [0.5, 0.6) is 0 Å². The van der Waals surface area contributed by atoms with E-state index in [1.165, 1.54) is 4.68 Å². The number of nitrogens with two attached hydrogens (primary N) is 1. The second kappa shape index (κ2) is 4.89. The number of hydrogen-bond acceptors (Lipinski definition) is 4. The zero-order valence-electron chi connectivity index (χ0n) is 10.6. The van der Waals surface area contributed by atoms with E-state index in [0.29, 0.717) is 17.3 Å². The summed E-state index contributed by atoms with van der Waals surface area (Å²) >= 11 is 6.04. The van der Waals surface area contributed by atoms with Crippen LogP contribution in [0.25, 0.3) is 0 Å². The molecule has 0 spiro atoms. The summed E-state index contributed by atoms with van der Waals surface area (Å²) in [5.41, 5.74) is 7.77. The number of anilines is 1. The molecule has 100 valence electrons. The zero-order valence-corrected chi connectivity index (χ0v) is 11.3. The van der Waals surface area contributed by atoms with Gasteiger partial charge in [-0.2, -0.15) is 5.10 Å². The summed E-state index contributed by atoms with van der Waals surface area (Å²) in [6.45, 7) is 3.82. The summed E-state index contributed by atoms with van der Waals surface area (Å²) in [6, 6.07) is 5.58. The summed E-state index contributed by atoms with van der Waals surface area (Å²) < 4.78 is 1.41. The highest BCUT2D eigenvalue weighted by molar-refractivity contribution is 6.31. The summed E-state index contributed by atoms with van der Waals surface area (Å²) in [6.07, 6.45) is 0. The van der Waals surface area contributed by atoms with Crippen LogP contribution in [0.1, 0.15) is 16.8 Å². The highest BCUT2D eigenvalue weighted by Crippen LogP contribution is 2.26. The molecule has 7 heteroatoms. The first-order chi connectivity index (χ1) is 8.90. The minimum Gasteiger partial charge on any atom is -0.378 e. The van der Waals surface area contributed by atoms with E-state index in [4.69, 9.17) is 17.3 Å². The number of aryl methyl sites for hydroxylation is 2. The third-order valence-corrected chi connectivity index (χ3v) is 3.29. The lowest BCUT2D eigenvalue weighted by molar-refractivity contribution is -0.384. The van der Waals surface area contributed by atoms with E-state index in [1.54, 1.807) is 13.0 Å². The van der Waals surface area contributed by atoms with Gasteiger partial charge in [0, 0.05) is 5.02 Å². The Morgan fingerprint density at radius 2 is 2.16 bits per heavy atom. The minimum absolute atomic E-state index is 0.0548. The number of aromatic nitrogens is 2. The van der Waals surface area contributed by atoms with Crippen LogP contribution in [0.4, 0.5) is 11.5 Å². The average Bonchev–Trinajstić information content (AvgIpc) is 2.59. The number of nitrogen functional groups attached to an aromatic ring is 1. The van der Waals surface area contributed by atoms with Crippen LogP contribution in [0.3, 0.4) is 0 Å². The molecule has 2 N–H and O–H groups in total. The Balaban J connectivity index is 2.36. The van der Waals surface area contributed by atoms with E-state index in [0.717, 1.165) is 11.1 Å². The van der Waals surface area contributed by atoms with Crippen molar-refractivity contribution >= 4 is 23.1 Å². The van der Waals surface area contributed by atoms with E-state index >= 15 is 0 Å². The van der Waals surface area contributed by atoms with Crippen molar-refractivity contribution in [1.29, 1.82) is 0 Å². The van der Waals surface area contributed by atoms with Crippen molar-refractivity contribution in [3.8, 4) is 0 Å². The Morgan fingerprint density at radius 1 is 1.47 bits per heavy atom. The first kappa shape index (κ1) is 13.4. The minimum atomic E-state index is -0.518. The number of benzene rings is 1. The van der Waals surface area contributed by atoms with Crippen molar-refractivity contribution < 1.29 is 4.92 Å². The Kier molecular flexibility index (Phi) is 3.44. The van der Waals surface area contributed by atoms with E-state index in [-0.39, 0.29) is 11.5 Å². The topological polar surface area (TPSA) is 87.0 Å². The fourth-order valence-electron chi connectivity index (χ4n) is 1.84. The van der Waals surface area contributed by atoms with E-state index in [2.05, 4.69) is 5.10 Å². The van der Waals surface area contributed by atoms with Gasteiger partial charge in [-0.25, -0.2) is 4.68 Å². The molecule has 0 amide bonds. The van der Waals surface area contributed by atoms with Gasteiger partial charge in [0.05, 0.1) is 11.5 Å². The number of nitrogens with zero attached hydrogens (tertiary/aromatic N) is 3. The first-order valence-corrected chi connectivity index (χ1v) is 6.00. The summed E-state index contributed by atoms with van der Waals surface area (Å²) in [5.74, 6) is 0.0548. The van der Waals surface area contributed by atoms with E-state index < -0.39 is 4.92 Å².